The molecule has 0 aliphatic carbocycles. The molecule has 2 rings (SSSR count). The Bertz CT molecular complexity index is 606. The SMILES string of the molecule is CCc1ccc(NC(=O)c2cc(N)ccc2OC)cc1. The fourth-order valence-corrected chi connectivity index (χ4v) is 1.93. The number of nitrogens with two attached hydrogens (primary N) is 1. The Labute approximate surface area is 118 Å². The van der Waals surface area contributed by atoms with Gasteiger partial charge in [-0.05, 0) is 42.3 Å². The van der Waals surface area contributed by atoms with E-state index < -0.39 is 0 Å². The number of amides is 1. The van der Waals surface area contributed by atoms with Gasteiger partial charge in [0, 0.05) is 11.4 Å². The van der Waals surface area contributed by atoms with Gasteiger partial charge in [0.25, 0.3) is 5.91 Å². The van der Waals surface area contributed by atoms with Crippen molar-refractivity contribution in [3.63, 3.8) is 0 Å². The van der Waals surface area contributed by atoms with Crippen LogP contribution >= 0.6 is 0 Å². The molecule has 0 saturated heterocycles. The van der Waals surface area contributed by atoms with E-state index in [0.29, 0.717) is 17.0 Å². The zero-order chi connectivity index (χ0) is 14.5. The molecule has 0 fully saturated rings. The molecule has 2 aromatic rings. The summed E-state index contributed by atoms with van der Waals surface area (Å²) in [5.74, 6) is 0.264. The summed E-state index contributed by atoms with van der Waals surface area (Å²) in [6.07, 6.45) is 0.970. The molecule has 1 amide bonds. The minimum Gasteiger partial charge on any atom is -0.496 e. The van der Waals surface area contributed by atoms with Crippen LogP contribution in [0.5, 0.6) is 5.75 Å². The van der Waals surface area contributed by atoms with E-state index in [1.165, 1.54) is 12.7 Å². The molecule has 0 aromatic heterocycles. The first-order valence-corrected chi connectivity index (χ1v) is 6.48. The zero-order valence-corrected chi connectivity index (χ0v) is 11.6. The van der Waals surface area contributed by atoms with E-state index in [1.54, 1.807) is 18.2 Å². The number of benzene rings is 2. The van der Waals surface area contributed by atoms with Gasteiger partial charge < -0.3 is 15.8 Å². The highest BCUT2D eigenvalue weighted by atomic mass is 16.5. The standard InChI is InChI=1S/C16H18N2O2/c1-3-11-4-7-13(8-5-11)18-16(19)14-10-12(17)6-9-15(14)20-2/h4-10H,3,17H2,1-2H3,(H,18,19). The Balaban J connectivity index is 2.20. The van der Waals surface area contributed by atoms with Crippen molar-refractivity contribution in [2.45, 2.75) is 13.3 Å². The van der Waals surface area contributed by atoms with Crippen molar-refractivity contribution in [2.75, 3.05) is 18.2 Å². The number of carbonyl (C=O) groups is 1. The first-order valence-electron chi connectivity index (χ1n) is 6.48. The average Bonchev–Trinajstić information content (AvgIpc) is 2.48. The second kappa shape index (κ2) is 6.10. The number of hydrogen-bond donors (Lipinski definition) is 2. The van der Waals surface area contributed by atoms with Crippen molar-refractivity contribution in [3.05, 3.63) is 53.6 Å². The molecular formula is C16H18N2O2. The third-order valence-corrected chi connectivity index (χ3v) is 3.09. The number of nitrogens with one attached hydrogen (secondary N) is 1. The largest absolute Gasteiger partial charge is 0.496 e. The Hall–Kier alpha value is -2.49. The number of ether oxygens (including phenoxy) is 1. The maximum absolute atomic E-state index is 12.3. The molecule has 0 heterocycles. The molecule has 0 aliphatic heterocycles. The highest BCUT2D eigenvalue weighted by Crippen LogP contribution is 2.22. The lowest BCUT2D eigenvalue weighted by atomic mass is 10.1. The third kappa shape index (κ3) is 3.09. The van der Waals surface area contributed by atoms with Gasteiger partial charge in [-0.15, -0.1) is 0 Å². The summed E-state index contributed by atoms with van der Waals surface area (Å²) in [4.78, 5) is 12.3. The smallest absolute Gasteiger partial charge is 0.259 e. The molecule has 0 spiro atoms. The number of rotatable bonds is 4. The van der Waals surface area contributed by atoms with Gasteiger partial charge in [-0.3, -0.25) is 4.79 Å². The van der Waals surface area contributed by atoms with E-state index >= 15 is 0 Å². The maximum atomic E-state index is 12.3. The van der Waals surface area contributed by atoms with Crippen LogP contribution in [0, 0.1) is 0 Å². The van der Waals surface area contributed by atoms with Gasteiger partial charge in [0.1, 0.15) is 5.75 Å². The minimum atomic E-state index is -0.238. The highest BCUT2D eigenvalue weighted by molar-refractivity contribution is 6.06. The van der Waals surface area contributed by atoms with Crippen LogP contribution in [0.3, 0.4) is 0 Å². The molecule has 0 unspecified atom stereocenters. The first-order chi connectivity index (χ1) is 9.63. The normalized spacial score (nSPS) is 10.1. The number of methoxy groups -OCH3 is 1. The van der Waals surface area contributed by atoms with Gasteiger partial charge in [0.2, 0.25) is 0 Å². The van der Waals surface area contributed by atoms with Crippen LogP contribution in [0.25, 0.3) is 0 Å². The second-order valence-electron chi connectivity index (χ2n) is 4.46. The summed E-state index contributed by atoms with van der Waals surface area (Å²) in [5.41, 5.74) is 8.64. The van der Waals surface area contributed by atoms with Crippen molar-refractivity contribution < 1.29 is 9.53 Å². The molecule has 4 nitrogen and oxygen atoms in total. The monoisotopic (exact) mass is 270 g/mol. The molecular weight excluding hydrogens is 252 g/mol. The summed E-state index contributed by atoms with van der Waals surface area (Å²) in [7, 11) is 1.53. The highest BCUT2D eigenvalue weighted by Gasteiger charge is 2.12. The van der Waals surface area contributed by atoms with E-state index in [-0.39, 0.29) is 5.91 Å². The van der Waals surface area contributed by atoms with Crippen molar-refractivity contribution in [1.29, 1.82) is 0 Å². The first kappa shape index (κ1) is 13.9. The van der Waals surface area contributed by atoms with Crippen LogP contribution in [0.2, 0.25) is 0 Å². The maximum Gasteiger partial charge on any atom is 0.259 e. The lowest BCUT2D eigenvalue weighted by molar-refractivity contribution is 0.102. The van der Waals surface area contributed by atoms with Crippen LogP contribution in [0.1, 0.15) is 22.8 Å². The fraction of sp³-hybridized carbons (Fsp3) is 0.188. The number of hydrogen-bond acceptors (Lipinski definition) is 3. The third-order valence-electron chi connectivity index (χ3n) is 3.09. The molecule has 2 aromatic carbocycles. The molecule has 104 valence electrons. The molecule has 0 atom stereocenters. The second-order valence-corrected chi connectivity index (χ2v) is 4.46. The van der Waals surface area contributed by atoms with Crippen molar-refractivity contribution >= 4 is 17.3 Å². The summed E-state index contributed by atoms with van der Waals surface area (Å²) < 4.78 is 5.18. The van der Waals surface area contributed by atoms with E-state index in [0.717, 1.165) is 12.1 Å². The number of aryl methyl sites for hydroxylation is 1. The predicted molar refractivity (Wildman–Crippen MR) is 81.2 cm³/mol. The van der Waals surface area contributed by atoms with Gasteiger partial charge in [-0.25, -0.2) is 0 Å². The average molecular weight is 270 g/mol. The summed E-state index contributed by atoms with van der Waals surface area (Å²) in [6.45, 7) is 2.09. The van der Waals surface area contributed by atoms with Gasteiger partial charge in [-0.2, -0.15) is 0 Å². The molecule has 3 N–H and O–H groups in total. The summed E-state index contributed by atoms with van der Waals surface area (Å²) in [6, 6.07) is 12.7. The molecule has 0 saturated carbocycles. The van der Waals surface area contributed by atoms with Crippen LogP contribution in [0.15, 0.2) is 42.5 Å². The molecule has 0 bridgehead atoms. The summed E-state index contributed by atoms with van der Waals surface area (Å²) >= 11 is 0. The Kier molecular flexibility index (Phi) is 4.25. The number of nitrogen functional groups attached to an aromatic ring is 1. The topological polar surface area (TPSA) is 64.4 Å². The van der Waals surface area contributed by atoms with Crippen LogP contribution in [-0.4, -0.2) is 13.0 Å². The lowest BCUT2D eigenvalue weighted by Crippen LogP contribution is -2.13. The van der Waals surface area contributed by atoms with Crippen molar-refractivity contribution in [2.24, 2.45) is 0 Å². The van der Waals surface area contributed by atoms with Crippen molar-refractivity contribution in [3.8, 4) is 5.75 Å². The Morgan fingerprint density at radius 1 is 1.20 bits per heavy atom. The zero-order valence-electron chi connectivity index (χ0n) is 11.6. The summed E-state index contributed by atoms with van der Waals surface area (Å²) in [5, 5.41) is 2.84. The minimum absolute atomic E-state index is 0.238. The van der Waals surface area contributed by atoms with Gasteiger partial charge in [-0.1, -0.05) is 19.1 Å². The van der Waals surface area contributed by atoms with E-state index in [2.05, 4.69) is 12.2 Å². The molecule has 0 radical (unpaired) electrons. The van der Waals surface area contributed by atoms with E-state index in [9.17, 15) is 4.79 Å². The van der Waals surface area contributed by atoms with Crippen LogP contribution < -0.4 is 15.8 Å². The fourth-order valence-electron chi connectivity index (χ4n) is 1.93. The lowest BCUT2D eigenvalue weighted by Gasteiger charge is -2.10. The number of anilines is 2. The molecule has 4 heteroatoms. The van der Waals surface area contributed by atoms with E-state index in [1.807, 2.05) is 24.3 Å². The van der Waals surface area contributed by atoms with Crippen molar-refractivity contribution in [1.82, 2.24) is 0 Å². The van der Waals surface area contributed by atoms with Gasteiger partial charge >= 0.3 is 0 Å². The Morgan fingerprint density at radius 3 is 2.50 bits per heavy atom. The van der Waals surface area contributed by atoms with Gasteiger partial charge in [0.15, 0.2) is 0 Å². The van der Waals surface area contributed by atoms with Crippen LogP contribution in [-0.2, 0) is 6.42 Å². The van der Waals surface area contributed by atoms with E-state index in [4.69, 9.17) is 10.5 Å². The quantitative estimate of drug-likeness (QED) is 0.839. The molecule has 20 heavy (non-hydrogen) atoms. The predicted octanol–water partition coefficient (Wildman–Crippen LogP) is 3.09. The van der Waals surface area contributed by atoms with Crippen LogP contribution in [0.4, 0.5) is 11.4 Å². The Morgan fingerprint density at radius 2 is 1.90 bits per heavy atom. The molecule has 0 aliphatic rings. The van der Waals surface area contributed by atoms with Gasteiger partial charge in [0.05, 0.1) is 12.7 Å². The number of carbonyl (C=O) groups excluding carboxylic acids is 1.